The minimum atomic E-state index is -0.248. The number of carbonyl (C=O) groups is 1. The van der Waals surface area contributed by atoms with Gasteiger partial charge in [-0.15, -0.1) is 24.8 Å². The van der Waals surface area contributed by atoms with Crippen LogP contribution in [0.4, 0.5) is 0 Å². The first-order valence-electron chi connectivity index (χ1n) is 7.97. The summed E-state index contributed by atoms with van der Waals surface area (Å²) in [6.07, 6.45) is 3.38. The van der Waals surface area contributed by atoms with Gasteiger partial charge in [0.05, 0.1) is 16.6 Å². The first kappa shape index (κ1) is 20.7. The average Bonchev–Trinajstić information content (AvgIpc) is 3.26. The fourth-order valence-electron chi connectivity index (χ4n) is 3.00. The van der Waals surface area contributed by atoms with Crippen LogP contribution in [0.3, 0.4) is 0 Å². The zero-order chi connectivity index (χ0) is 15.7. The zero-order valence-electron chi connectivity index (χ0n) is 14.1. The third kappa shape index (κ3) is 4.41. The van der Waals surface area contributed by atoms with E-state index in [-0.39, 0.29) is 36.3 Å². The number of nitrogens with zero attached hydrogens (tertiary/aromatic N) is 1. The Morgan fingerprint density at radius 3 is 2.71 bits per heavy atom. The number of nitrogens with two attached hydrogens (primary N) is 1. The lowest BCUT2D eigenvalue weighted by molar-refractivity contribution is -0.123. The van der Waals surface area contributed by atoms with Crippen molar-refractivity contribution >= 4 is 41.8 Å². The summed E-state index contributed by atoms with van der Waals surface area (Å²) < 4.78 is 0. The zero-order valence-corrected chi connectivity index (χ0v) is 15.7. The summed E-state index contributed by atoms with van der Waals surface area (Å²) in [7, 11) is 0. The van der Waals surface area contributed by atoms with Gasteiger partial charge in [-0.1, -0.05) is 12.1 Å². The number of H-pyrrole nitrogens is 1. The maximum atomic E-state index is 12.2. The van der Waals surface area contributed by atoms with E-state index in [0.29, 0.717) is 25.3 Å². The van der Waals surface area contributed by atoms with E-state index < -0.39 is 0 Å². The fourth-order valence-corrected chi connectivity index (χ4v) is 3.00. The molecule has 1 aliphatic carbocycles. The molecule has 2 aromatic rings. The van der Waals surface area contributed by atoms with Gasteiger partial charge in [0.25, 0.3) is 0 Å². The number of aryl methyl sites for hydroxylation is 2. The summed E-state index contributed by atoms with van der Waals surface area (Å²) in [6.45, 7) is 4.59. The van der Waals surface area contributed by atoms with Gasteiger partial charge in [0, 0.05) is 19.4 Å². The first-order chi connectivity index (χ1) is 10.5. The molecule has 24 heavy (non-hydrogen) atoms. The molecule has 5 nitrogen and oxygen atoms in total. The molecule has 134 valence electrons. The smallest absolute Gasteiger partial charge is 0.220 e. The third-order valence-electron chi connectivity index (χ3n) is 4.68. The van der Waals surface area contributed by atoms with Crippen molar-refractivity contribution in [1.82, 2.24) is 15.3 Å². The third-order valence-corrected chi connectivity index (χ3v) is 4.68. The standard InChI is InChI=1S/C17H24N4O.2ClH/c1-11-4-3-5-13-16(11)20-14(19-13)8-9-15(22)21-17(2,10-18)12-6-7-12;;/h3-5,12H,6-10,18H2,1-2H3,(H,19,20)(H,21,22);2*1H. The molecule has 1 atom stereocenters. The van der Waals surface area contributed by atoms with Gasteiger partial charge in [0.15, 0.2) is 0 Å². The Hall–Kier alpha value is -1.30. The average molecular weight is 373 g/mol. The highest BCUT2D eigenvalue weighted by molar-refractivity contribution is 5.85. The number of imidazole rings is 1. The minimum absolute atomic E-state index is 0. The van der Waals surface area contributed by atoms with Crippen molar-refractivity contribution < 1.29 is 4.79 Å². The molecule has 0 bridgehead atoms. The number of aromatic amines is 1. The number of benzene rings is 1. The number of aromatic nitrogens is 2. The lowest BCUT2D eigenvalue weighted by Crippen LogP contribution is -2.53. The molecule has 1 aliphatic rings. The van der Waals surface area contributed by atoms with Crippen LogP contribution in [0, 0.1) is 12.8 Å². The molecule has 0 aliphatic heterocycles. The van der Waals surface area contributed by atoms with Crippen molar-refractivity contribution in [2.24, 2.45) is 11.7 Å². The van der Waals surface area contributed by atoms with Crippen LogP contribution in [-0.2, 0) is 11.2 Å². The van der Waals surface area contributed by atoms with Gasteiger partial charge in [-0.2, -0.15) is 0 Å². The van der Waals surface area contributed by atoms with E-state index in [1.165, 1.54) is 0 Å². The summed E-state index contributed by atoms with van der Waals surface area (Å²) in [5.41, 5.74) is 8.75. The second kappa shape index (κ2) is 8.19. The number of nitrogens with one attached hydrogen (secondary N) is 2. The molecule has 1 saturated carbocycles. The highest BCUT2D eigenvalue weighted by Gasteiger charge is 2.41. The van der Waals surface area contributed by atoms with Crippen LogP contribution in [0.1, 0.15) is 37.6 Å². The number of rotatable bonds is 6. The molecule has 4 N–H and O–H groups in total. The van der Waals surface area contributed by atoms with E-state index in [4.69, 9.17) is 5.73 Å². The number of hydrogen-bond donors (Lipinski definition) is 3. The highest BCUT2D eigenvalue weighted by Crippen LogP contribution is 2.39. The van der Waals surface area contributed by atoms with Gasteiger partial charge in [0.2, 0.25) is 5.91 Å². The first-order valence-corrected chi connectivity index (χ1v) is 7.97. The van der Waals surface area contributed by atoms with E-state index in [1.807, 2.05) is 32.0 Å². The number of halogens is 2. The Labute approximate surface area is 155 Å². The lowest BCUT2D eigenvalue weighted by atomic mass is 9.95. The van der Waals surface area contributed by atoms with Gasteiger partial charge < -0.3 is 16.0 Å². The Bertz CT molecular complexity index is 699. The van der Waals surface area contributed by atoms with Gasteiger partial charge in [0.1, 0.15) is 5.82 Å². The summed E-state index contributed by atoms with van der Waals surface area (Å²) in [5.74, 6) is 1.45. The maximum Gasteiger partial charge on any atom is 0.220 e. The summed E-state index contributed by atoms with van der Waals surface area (Å²) in [4.78, 5) is 20.1. The van der Waals surface area contributed by atoms with Gasteiger partial charge in [-0.25, -0.2) is 4.98 Å². The second-order valence-corrected chi connectivity index (χ2v) is 6.60. The van der Waals surface area contributed by atoms with Crippen molar-refractivity contribution in [1.29, 1.82) is 0 Å². The fraction of sp³-hybridized carbons (Fsp3) is 0.529. The normalized spacial score (nSPS) is 16.0. The predicted molar refractivity (Wildman–Crippen MR) is 102 cm³/mol. The van der Waals surface area contributed by atoms with Gasteiger partial charge in [-0.05, 0) is 44.2 Å². The molecule has 1 heterocycles. The molecule has 7 heteroatoms. The molecular formula is C17H26Cl2N4O. The molecule has 0 spiro atoms. The van der Waals surface area contributed by atoms with Crippen LogP contribution in [-0.4, -0.2) is 28.0 Å². The van der Waals surface area contributed by atoms with Crippen LogP contribution >= 0.6 is 24.8 Å². The van der Waals surface area contributed by atoms with Crippen molar-refractivity contribution in [3.8, 4) is 0 Å². The number of amides is 1. The van der Waals surface area contributed by atoms with Crippen molar-refractivity contribution in [2.45, 2.75) is 45.1 Å². The van der Waals surface area contributed by atoms with Gasteiger partial charge >= 0.3 is 0 Å². The van der Waals surface area contributed by atoms with Crippen LogP contribution in [0.25, 0.3) is 11.0 Å². The molecule has 0 saturated heterocycles. The highest BCUT2D eigenvalue weighted by atomic mass is 35.5. The molecule has 1 amide bonds. The van der Waals surface area contributed by atoms with Crippen molar-refractivity contribution in [3.63, 3.8) is 0 Å². The summed E-state index contributed by atoms with van der Waals surface area (Å²) in [6, 6.07) is 6.06. The Morgan fingerprint density at radius 1 is 1.42 bits per heavy atom. The van der Waals surface area contributed by atoms with E-state index in [1.54, 1.807) is 0 Å². The monoisotopic (exact) mass is 372 g/mol. The molecule has 3 rings (SSSR count). The summed E-state index contributed by atoms with van der Waals surface area (Å²) in [5, 5.41) is 3.11. The predicted octanol–water partition coefficient (Wildman–Crippen LogP) is 2.89. The Kier molecular flexibility index (Phi) is 7.08. The van der Waals surface area contributed by atoms with E-state index >= 15 is 0 Å². The van der Waals surface area contributed by atoms with E-state index in [9.17, 15) is 4.79 Å². The molecule has 1 unspecified atom stereocenters. The van der Waals surface area contributed by atoms with Crippen LogP contribution < -0.4 is 11.1 Å². The number of para-hydroxylation sites is 1. The Balaban J connectivity index is 0.00000144. The Morgan fingerprint density at radius 2 is 2.12 bits per heavy atom. The lowest BCUT2D eigenvalue weighted by Gasteiger charge is -2.29. The number of hydrogen-bond acceptors (Lipinski definition) is 3. The molecule has 1 aromatic carbocycles. The molecule has 1 fully saturated rings. The van der Waals surface area contributed by atoms with Crippen LogP contribution in [0.15, 0.2) is 18.2 Å². The second-order valence-electron chi connectivity index (χ2n) is 6.60. The maximum absolute atomic E-state index is 12.2. The largest absolute Gasteiger partial charge is 0.349 e. The summed E-state index contributed by atoms with van der Waals surface area (Å²) >= 11 is 0. The topological polar surface area (TPSA) is 83.8 Å². The SMILES string of the molecule is Cc1cccc2[nH]c(CCC(=O)NC(C)(CN)C3CC3)nc12.Cl.Cl. The van der Waals surface area contributed by atoms with E-state index in [2.05, 4.69) is 15.3 Å². The number of carbonyl (C=O) groups excluding carboxylic acids is 1. The van der Waals surface area contributed by atoms with Crippen LogP contribution in [0.5, 0.6) is 0 Å². The van der Waals surface area contributed by atoms with Crippen LogP contribution in [0.2, 0.25) is 0 Å². The molecule has 0 radical (unpaired) electrons. The number of fused-ring (bicyclic) bond motifs is 1. The van der Waals surface area contributed by atoms with Gasteiger partial charge in [-0.3, -0.25) is 4.79 Å². The minimum Gasteiger partial charge on any atom is -0.349 e. The quantitative estimate of drug-likeness (QED) is 0.728. The van der Waals surface area contributed by atoms with Crippen molar-refractivity contribution in [2.75, 3.05) is 6.54 Å². The van der Waals surface area contributed by atoms with Crippen molar-refractivity contribution in [3.05, 3.63) is 29.6 Å². The molecular weight excluding hydrogens is 347 g/mol. The molecule has 1 aromatic heterocycles. The van der Waals surface area contributed by atoms with E-state index in [0.717, 1.165) is 35.3 Å².